The summed E-state index contributed by atoms with van der Waals surface area (Å²) in [6.45, 7) is 6.62. The first kappa shape index (κ1) is 16.6. The number of aromatic carboxylic acids is 1. The molecule has 0 amide bonds. The van der Waals surface area contributed by atoms with Crippen LogP contribution >= 0.6 is 11.8 Å². The van der Waals surface area contributed by atoms with E-state index in [2.05, 4.69) is 45.0 Å². The molecular weight excluding hydrogens is 292 g/mol. The second-order valence-electron chi connectivity index (χ2n) is 6.40. The second-order valence-corrected chi connectivity index (χ2v) is 7.39. The quantitative estimate of drug-likeness (QED) is 0.832. The van der Waals surface area contributed by atoms with Gasteiger partial charge in [-0.3, -0.25) is 0 Å². The summed E-state index contributed by atoms with van der Waals surface area (Å²) in [7, 11) is 0. The number of hydrogen-bond donors (Lipinski definition) is 1. The molecule has 0 aliphatic rings. The van der Waals surface area contributed by atoms with Crippen molar-refractivity contribution in [3.05, 3.63) is 70.8 Å². The van der Waals surface area contributed by atoms with Gasteiger partial charge in [0.05, 0.1) is 5.56 Å². The molecule has 0 aliphatic heterocycles. The monoisotopic (exact) mass is 314 g/mol. The predicted octanol–water partition coefficient (Wildman–Crippen LogP) is 5.12. The minimum absolute atomic E-state index is 0.173. The molecule has 2 aromatic rings. The molecule has 0 radical (unpaired) electrons. The van der Waals surface area contributed by atoms with Crippen LogP contribution in [0, 0.1) is 0 Å². The Morgan fingerprint density at radius 1 is 1.00 bits per heavy atom. The van der Waals surface area contributed by atoms with Crippen LogP contribution in [0.5, 0.6) is 0 Å². The largest absolute Gasteiger partial charge is 0.478 e. The normalized spacial score (nSPS) is 11.4. The van der Waals surface area contributed by atoms with Gasteiger partial charge in [0.1, 0.15) is 0 Å². The summed E-state index contributed by atoms with van der Waals surface area (Å²) >= 11 is 1.74. The third kappa shape index (κ3) is 4.38. The molecular formula is C19H22O2S. The Balaban J connectivity index is 1.96. The Morgan fingerprint density at radius 2 is 1.64 bits per heavy atom. The van der Waals surface area contributed by atoms with Crippen molar-refractivity contribution in [2.24, 2.45) is 0 Å². The fraction of sp³-hybridized carbons (Fsp3) is 0.316. The van der Waals surface area contributed by atoms with Crippen LogP contribution in [0.1, 0.15) is 47.8 Å². The third-order valence-electron chi connectivity index (χ3n) is 3.59. The molecule has 0 heterocycles. The number of hydrogen-bond acceptors (Lipinski definition) is 2. The first-order valence-electron chi connectivity index (χ1n) is 7.36. The number of thioether (sulfide) groups is 1. The Kier molecular flexibility index (Phi) is 5.30. The number of carboxylic acid groups (broad SMARTS) is 1. The van der Waals surface area contributed by atoms with Crippen molar-refractivity contribution in [2.45, 2.75) is 37.7 Å². The van der Waals surface area contributed by atoms with Crippen molar-refractivity contribution in [3.63, 3.8) is 0 Å². The maximum absolute atomic E-state index is 11.2. The van der Waals surface area contributed by atoms with Crippen molar-refractivity contribution in [1.82, 2.24) is 0 Å². The minimum Gasteiger partial charge on any atom is -0.478 e. The van der Waals surface area contributed by atoms with Crippen LogP contribution in [-0.4, -0.2) is 11.1 Å². The van der Waals surface area contributed by atoms with Gasteiger partial charge in [0, 0.05) is 11.5 Å². The van der Waals surface area contributed by atoms with Gasteiger partial charge in [-0.25, -0.2) is 4.79 Å². The Morgan fingerprint density at radius 3 is 2.23 bits per heavy atom. The summed E-state index contributed by atoms with van der Waals surface area (Å²) in [6.07, 6.45) is 0. The van der Waals surface area contributed by atoms with E-state index < -0.39 is 5.97 Å². The van der Waals surface area contributed by atoms with Crippen molar-refractivity contribution in [3.8, 4) is 0 Å². The van der Waals surface area contributed by atoms with E-state index in [1.165, 1.54) is 11.1 Å². The van der Waals surface area contributed by atoms with E-state index in [0.29, 0.717) is 11.3 Å². The smallest absolute Gasteiger partial charge is 0.335 e. The highest BCUT2D eigenvalue weighted by Crippen LogP contribution is 2.25. The van der Waals surface area contributed by atoms with E-state index in [4.69, 9.17) is 0 Å². The zero-order valence-electron chi connectivity index (χ0n) is 13.3. The van der Waals surface area contributed by atoms with Gasteiger partial charge in [0.15, 0.2) is 0 Å². The maximum Gasteiger partial charge on any atom is 0.335 e. The topological polar surface area (TPSA) is 37.3 Å². The molecule has 0 atom stereocenters. The maximum atomic E-state index is 11.2. The van der Waals surface area contributed by atoms with E-state index >= 15 is 0 Å². The molecule has 0 aromatic heterocycles. The van der Waals surface area contributed by atoms with Gasteiger partial charge >= 0.3 is 5.97 Å². The lowest BCUT2D eigenvalue weighted by Gasteiger charge is -2.19. The Labute approximate surface area is 136 Å². The van der Waals surface area contributed by atoms with Crippen molar-refractivity contribution >= 4 is 17.7 Å². The fourth-order valence-corrected chi connectivity index (χ4v) is 3.24. The van der Waals surface area contributed by atoms with E-state index in [1.54, 1.807) is 23.9 Å². The summed E-state index contributed by atoms with van der Waals surface area (Å²) in [6, 6.07) is 15.9. The molecule has 0 saturated carbocycles. The lowest BCUT2D eigenvalue weighted by atomic mass is 9.87. The number of benzene rings is 2. The average Bonchev–Trinajstić information content (AvgIpc) is 2.47. The molecule has 0 fully saturated rings. The van der Waals surface area contributed by atoms with Gasteiger partial charge in [0.2, 0.25) is 0 Å². The average molecular weight is 314 g/mol. The first-order chi connectivity index (χ1) is 10.4. The van der Waals surface area contributed by atoms with Crippen LogP contribution in [0.4, 0.5) is 0 Å². The standard InChI is InChI=1S/C19H22O2S/c1-19(2,3)16-10-8-14(9-11-16)12-22-13-15-6-4-5-7-17(15)18(20)21/h4-11H,12-13H2,1-3H3,(H,20,21). The third-order valence-corrected chi connectivity index (χ3v) is 4.65. The van der Waals surface area contributed by atoms with Crippen molar-refractivity contribution < 1.29 is 9.90 Å². The molecule has 0 aliphatic carbocycles. The predicted molar refractivity (Wildman–Crippen MR) is 93.5 cm³/mol. The highest BCUT2D eigenvalue weighted by atomic mass is 32.2. The van der Waals surface area contributed by atoms with Crippen molar-refractivity contribution in [2.75, 3.05) is 0 Å². The van der Waals surface area contributed by atoms with Crippen LogP contribution in [0.25, 0.3) is 0 Å². The summed E-state index contributed by atoms with van der Waals surface area (Å²) in [5.74, 6) is 0.743. The van der Waals surface area contributed by atoms with E-state index in [0.717, 1.165) is 11.3 Å². The minimum atomic E-state index is -0.856. The summed E-state index contributed by atoms with van der Waals surface area (Å²) < 4.78 is 0. The van der Waals surface area contributed by atoms with Gasteiger partial charge < -0.3 is 5.11 Å². The molecule has 0 saturated heterocycles. The van der Waals surface area contributed by atoms with Crippen molar-refractivity contribution in [1.29, 1.82) is 0 Å². The molecule has 0 spiro atoms. The molecule has 2 rings (SSSR count). The lowest BCUT2D eigenvalue weighted by molar-refractivity contribution is 0.0696. The zero-order chi connectivity index (χ0) is 16.2. The van der Waals surface area contributed by atoms with Crippen LogP contribution in [0.15, 0.2) is 48.5 Å². The fourth-order valence-electron chi connectivity index (χ4n) is 2.23. The van der Waals surface area contributed by atoms with Crippen LogP contribution in [-0.2, 0) is 16.9 Å². The molecule has 1 N–H and O–H groups in total. The van der Waals surface area contributed by atoms with Crippen LogP contribution in [0.2, 0.25) is 0 Å². The summed E-state index contributed by atoms with van der Waals surface area (Å²) in [5.41, 5.74) is 4.05. The first-order valence-corrected chi connectivity index (χ1v) is 8.52. The van der Waals surface area contributed by atoms with E-state index in [9.17, 15) is 9.90 Å². The number of rotatable bonds is 5. The summed E-state index contributed by atoms with van der Waals surface area (Å²) in [5, 5.41) is 9.18. The zero-order valence-corrected chi connectivity index (χ0v) is 14.1. The van der Waals surface area contributed by atoms with E-state index in [-0.39, 0.29) is 5.41 Å². The van der Waals surface area contributed by atoms with Gasteiger partial charge in [-0.2, -0.15) is 11.8 Å². The Bertz CT molecular complexity index is 639. The Hall–Kier alpha value is -1.74. The highest BCUT2D eigenvalue weighted by Gasteiger charge is 2.13. The van der Waals surface area contributed by atoms with Crippen LogP contribution in [0.3, 0.4) is 0 Å². The second kappa shape index (κ2) is 7.01. The van der Waals surface area contributed by atoms with Gasteiger partial charge in [-0.15, -0.1) is 0 Å². The summed E-state index contributed by atoms with van der Waals surface area (Å²) in [4.78, 5) is 11.2. The van der Waals surface area contributed by atoms with Gasteiger partial charge in [0.25, 0.3) is 0 Å². The molecule has 2 aromatic carbocycles. The van der Waals surface area contributed by atoms with Crippen LogP contribution < -0.4 is 0 Å². The number of carbonyl (C=O) groups is 1. The molecule has 3 heteroatoms. The van der Waals surface area contributed by atoms with Gasteiger partial charge in [-0.05, 0) is 28.2 Å². The lowest BCUT2D eigenvalue weighted by Crippen LogP contribution is -2.10. The molecule has 0 bridgehead atoms. The SMILES string of the molecule is CC(C)(C)c1ccc(CSCc2ccccc2C(=O)O)cc1. The molecule has 2 nitrogen and oxygen atoms in total. The molecule has 0 unspecified atom stereocenters. The molecule has 116 valence electrons. The van der Waals surface area contributed by atoms with Gasteiger partial charge in [-0.1, -0.05) is 63.2 Å². The number of carboxylic acids is 1. The van der Waals surface area contributed by atoms with E-state index in [1.807, 2.05) is 12.1 Å². The highest BCUT2D eigenvalue weighted by molar-refractivity contribution is 7.97. The molecule has 22 heavy (non-hydrogen) atoms.